The van der Waals surface area contributed by atoms with Gasteiger partial charge in [0, 0.05) is 16.0 Å². The molecule has 2 aromatic carbocycles. The number of hydrogen-bond acceptors (Lipinski definition) is 5. The van der Waals surface area contributed by atoms with E-state index < -0.39 is 12.1 Å². The number of esters is 1. The number of halogens is 1. The number of carbonyl (C=O) groups excluding carboxylic acids is 1. The van der Waals surface area contributed by atoms with Crippen molar-refractivity contribution in [3.8, 4) is 10.6 Å². The average Bonchev–Trinajstić information content (AvgIpc) is 3.09. The molecule has 1 N–H and O–H groups in total. The summed E-state index contributed by atoms with van der Waals surface area (Å²) in [4.78, 5) is 16.4. The van der Waals surface area contributed by atoms with Crippen LogP contribution in [0.5, 0.6) is 0 Å². The van der Waals surface area contributed by atoms with Crippen molar-refractivity contribution < 1.29 is 14.6 Å². The van der Waals surface area contributed by atoms with Gasteiger partial charge < -0.3 is 9.84 Å². The van der Waals surface area contributed by atoms with Crippen molar-refractivity contribution in [1.82, 2.24) is 4.98 Å². The zero-order valence-corrected chi connectivity index (χ0v) is 14.1. The summed E-state index contributed by atoms with van der Waals surface area (Å²) in [6, 6.07) is 16.0. The van der Waals surface area contributed by atoms with Gasteiger partial charge in [-0.1, -0.05) is 54.1 Å². The molecular formula is C18H14ClNO3S. The Morgan fingerprint density at radius 3 is 2.58 bits per heavy atom. The molecule has 4 nitrogen and oxygen atoms in total. The van der Waals surface area contributed by atoms with E-state index >= 15 is 0 Å². The maximum Gasteiger partial charge on any atom is 0.340 e. The summed E-state index contributed by atoms with van der Waals surface area (Å²) in [6.45, 7) is 0.0207. The lowest BCUT2D eigenvalue weighted by Gasteiger charge is -2.09. The van der Waals surface area contributed by atoms with E-state index in [0.717, 1.165) is 10.6 Å². The number of hydrogen-bond donors (Lipinski definition) is 1. The van der Waals surface area contributed by atoms with E-state index in [1.807, 2.05) is 23.6 Å². The summed E-state index contributed by atoms with van der Waals surface area (Å²) in [7, 11) is 0. The summed E-state index contributed by atoms with van der Waals surface area (Å²) in [5, 5.41) is 13.3. The first kappa shape index (κ1) is 16.6. The van der Waals surface area contributed by atoms with Crippen LogP contribution in [0.2, 0.25) is 5.02 Å². The Kier molecular flexibility index (Phi) is 5.25. The maximum absolute atomic E-state index is 11.9. The first-order chi connectivity index (χ1) is 11.6. The lowest BCUT2D eigenvalue weighted by atomic mass is 10.1. The van der Waals surface area contributed by atoms with Crippen molar-refractivity contribution in [2.45, 2.75) is 12.7 Å². The van der Waals surface area contributed by atoms with Crippen molar-refractivity contribution in [1.29, 1.82) is 0 Å². The molecule has 0 saturated carbocycles. The van der Waals surface area contributed by atoms with Crippen LogP contribution in [0.4, 0.5) is 0 Å². The van der Waals surface area contributed by atoms with E-state index in [-0.39, 0.29) is 6.61 Å². The number of benzene rings is 2. The minimum atomic E-state index is -1.29. The second-order valence-electron chi connectivity index (χ2n) is 5.07. The molecule has 0 saturated heterocycles. The molecule has 0 aliphatic carbocycles. The average molecular weight is 360 g/mol. The number of aromatic nitrogens is 1. The van der Waals surface area contributed by atoms with E-state index in [1.54, 1.807) is 36.4 Å². The van der Waals surface area contributed by atoms with Crippen LogP contribution in [-0.2, 0) is 16.1 Å². The van der Waals surface area contributed by atoms with Gasteiger partial charge in [-0.2, -0.15) is 0 Å². The molecule has 0 spiro atoms. The summed E-state index contributed by atoms with van der Waals surface area (Å²) in [5.41, 5.74) is 2.09. The monoisotopic (exact) mass is 359 g/mol. The first-order valence-electron chi connectivity index (χ1n) is 7.23. The lowest BCUT2D eigenvalue weighted by molar-refractivity contribution is -0.155. The smallest absolute Gasteiger partial charge is 0.340 e. The van der Waals surface area contributed by atoms with Crippen molar-refractivity contribution in [2.75, 3.05) is 0 Å². The van der Waals surface area contributed by atoms with E-state index in [9.17, 15) is 9.90 Å². The highest BCUT2D eigenvalue weighted by atomic mass is 35.5. The molecule has 122 valence electrons. The predicted octanol–water partition coefficient (Wildman–Crippen LogP) is 4.24. The van der Waals surface area contributed by atoms with Gasteiger partial charge in [0.25, 0.3) is 0 Å². The zero-order chi connectivity index (χ0) is 16.9. The van der Waals surface area contributed by atoms with Crippen LogP contribution in [0.3, 0.4) is 0 Å². The van der Waals surface area contributed by atoms with Crippen molar-refractivity contribution in [3.63, 3.8) is 0 Å². The normalized spacial score (nSPS) is 11.9. The van der Waals surface area contributed by atoms with Gasteiger partial charge in [-0.05, 0) is 17.7 Å². The predicted molar refractivity (Wildman–Crippen MR) is 93.8 cm³/mol. The maximum atomic E-state index is 11.9. The quantitative estimate of drug-likeness (QED) is 0.692. The first-order valence-corrected chi connectivity index (χ1v) is 8.49. The summed E-state index contributed by atoms with van der Waals surface area (Å²) in [5.74, 6) is -0.692. The van der Waals surface area contributed by atoms with Crippen LogP contribution in [-0.4, -0.2) is 16.1 Å². The number of aliphatic hydroxyl groups is 1. The largest absolute Gasteiger partial charge is 0.457 e. The van der Waals surface area contributed by atoms with Crippen LogP contribution in [0.1, 0.15) is 17.4 Å². The fraction of sp³-hybridized carbons (Fsp3) is 0.111. The second-order valence-corrected chi connectivity index (χ2v) is 6.37. The van der Waals surface area contributed by atoms with Gasteiger partial charge in [0.1, 0.15) is 11.6 Å². The topological polar surface area (TPSA) is 59.4 Å². The Hall–Kier alpha value is -2.21. The lowest BCUT2D eigenvalue weighted by Crippen LogP contribution is -2.15. The van der Waals surface area contributed by atoms with Gasteiger partial charge in [-0.25, -0.2) is 9.78 Å². The highest BCUT2D eigenvalue weighted by Gasteiger charge is 2.19. The van der Waals surface area contributed by atoms with Crippen LogP contribution in [0, 0.1) is 0 Å². The fourth-order valence-electron chi connectivity index (χ4n) is 2.09. The Balaban J connectivity index is 1.61. The molecule has 24 heavy (non-hydrogen) atoms. The minimum Gasteiger partial charge on any atom is -0.457 e. The second kappa shape index (κ2) is 7.57. The van der Waals surface area contributed by atoms with Gasteiger partial charge in [0.15, 0.2) is 6.10 Å². The van der Waals surface area contributed by atoms with E-state index in [2.05, 4.69) is 4.98 Å². The Labute approximate surface area is 148 Å². The number of nitrogens with zero attached hydrogens (tertiary/aromatic N) is 1. The third-order valence-electron chi connectivity index (χ3n) is 3.34. The van der Waals surface area contributed by atoms with E-state index in [0.29, 0.717) is 16.3 Å². The minimum absolute atomic E-state index is 0.0207. The zero-order valence-electron chi connectivity index (χ0n) is 12.6. The third kappa shape index (κ3) is 4.00. The van der Waals surface area contributed by atoms with Gasteiger partial charge >= 0.3 is 5.97 Å². The molecule has 0 aliphatic rings. The van der Waals surface area contributed by atoms with Gasteiger partial charge in [-0.15, -0.1) is 11.3 Å². The molecule has 1 heterocycles. The fourth-order valence-corrected chi connectivity index (χ4v) is 3.03. The highest BCUT2D eigenvalue weighted by Crippen LogP contribution is 2.25. The van der Waals surface area contributed by atoms with E-state index in [1.165, 1.54) is 11.3 Å². The standard InChI is InChI=1S/C18H14ClNO3S/c19-14-8-6-13(7-9-14)17-20-15(11-24-17)10-23-18(22)16(21)12-4-2-1-3-5-12/h1-9,11,16,21H,10H2/t16-/m1/s1. The molecule has 1 atom stereocenters. The third-order valence-corrected chi connectivity index (χ3v) is 4.54. The Bertz CT molecular complexity index is 818. The molecule has 0 amide bonds. The summed E-state index contributed by atoms with van der Waals surface area (Å²) < 4.78 is 5.15. The Morgan fingerprint density at radius 1 is 1.17 bits per heavy atom. The number of rotatable bonds is 5. The van der Waals surface area contributed by atoms with Gasteiger partial charge in [0.2, 0.25) is 0 Å². The van der Waals surface area contributed by atoms with Crippen LogP contribution < -0.4 is 0 Å². The molecule has 0 bridgehead atoms. The molecule has 0 fully saturated rings. The molecule has 0 unspecified atom stereocenters. The van der Waals surface area contributed by atoms with Crippen molar-refractivity contribution in [2.24, 2.45) is 0 Å². The number of thiazole rings is 1. The highest BCUT2D eigenvalue weighted by molar-refractivity contribution is 7.13. The molecule has 3 aromatic rings. The molecule has 1 aromatic heterocycles. The molecule has 0 radical (unpaired) electrons. The summed E-state index contributed by atoms with van der Waals surface area (Å²) >= 11 is 7.33. The molecule has 3 rings (SSSR count). The van der Waals surface area contributed by atoms with Crippen LogP contribution in [0.25, 0.3) is 10.6 Å². The van der Waals surface area contributed by atoms with Gasteiger partial charge in [0.05, 0.1) is 5.69 Å². The molecule has 0 aliphatic heterocycles. The van der Waals surface area contributed by atoms with Crippen LogP contribution in [0.15, 0.2) is 60.0 Å². The summed E-state index contributed by atoms with van der Waals surface area (Å²) in [6.07, 6.45) is -1.29. The van der Waals surface area contributed by atoms with Gasteiger partial charge in [-0.3, -0.25) is 0 Å². The van der Waals surface area contributed by atoms with Crippen molar-refractivity contribution >= 4 is 28.9 Å². The number of ether oxygens (including phenoxy) is 1. The SMILES string of the molecule is O=C(OCc1csc(-c2ccc(Cl)cc2)n1)[C@H](O)c1ccccc1. The van der Waals surface area contributed by atoms with E-state index in [4.69, 9.17) is 16.3 Å². The number of carbonyl (C=O) groups is 1. The number of aliphatic hydroxyl groups excluding tert-OH is 1. The molecule has 6 heteroatoms. The van der Waals surface area contributed by atoms with Crippen molar-refractivity contribution in [3.05, 3.63) is 76.3 Å². The Morgan fingerprint density at radius 2 is 1.88 bits per heavy atom. The molecular weight excluding hydrogens is 346 g/mol. The van der Waals surface area contributed by atoms with Crippen LogP contribution >= 0.6 is 22.9 Å².